The van der Waals surface area contributed by atoms with Gasteiger partial charge in [-0.25, -0.2) is 0 Å². The van der Waals surface area contributed by atoms with E-state index in [2.05, 4.69) is 60.6 Å². The molecule has 0 radical (unpaired) electrons. The number of benzene rings is 2. The Hall–Kier alpha value is -2.80. The highest BCUT2D eigenvalue weighted by atomic mass is 32.2. The Morgan fingerprint density at radius 3 is 2.71 bits per heavy atom. The number of thioether (sulfide) groups is 1. The van der Waals surface area contributed by atoms with Gasteiger partial charge in [-0.15, -0.1) is 10.2 Å². The summed E-state index contributed by atoms with van der Waals surface area (Å²) in [5, 5.41) is 12.6. The Morgan fingerprint density at radius 2 is 1.97 bits per heavy atom. The zero-order valence-corrected chi connectivity index (χ0v) is 19.4. The monoisotopic (exact) mass is 438 g/mol. The zero-order valence-electron chi connectivity index (χ0n) is 18.6. The molecule has 0 unspecified atom stereocenters. The summed E-state index contributed by atoms with van der Waals surface area (Å²) in [6.45, 7) is 6.93. The molecule has 0 saturated heterocycles. The van der Waals surface area contributed by atoms with E-state index in [0.717, 1.165) is 28.2 Å². The topological polar surface area (TPSA) is 69.0 Å². The van der Waals surface area contributed by atoms with Crippen molar-refractivity contribution in [3.05, 3.63) is 65.5 Å². The van der Waals surface area contributed by atoms with Crippen molar-refractivity contribution in [1.29, 1.82) is 0 Å². The summed E-state index contributed by atoms with van der Waals surface area (Å²) in [6.07, 6.45) is 0.885. The third-order valence-electron chi connectivity index (χ3n) is 4.75. The van der Waals surface area contributed by atoms with Crippen LogP contribution in [-0.2, 0) is 17.0 Å². The number of nitrogens with one attached hydrogen (secondary N) is 1. The first kappa shape index (κ1) is 22.9. The highest BCUT2D eigenvalue weighted by molar-refractivity contribution is 7.98. The third-order valence-corrected chi connectivity index (χ3v) is 5.75. The van der Waals surface area contributed by atoms with Crippen molar-refractivity contribution in [1.82, 2.24) is 20.1 Å². The molecule has 164 valence electrons. The van der Waals surface area contributed by atoms with E-state index in [-0.39, 0.29) is 5.91 Å². The fourth-order valence-electron chi connectivity index (χ4n) is 3.15. The fourth-order valence-corrected chi connectivity index (χ4v) is 4.06. The summed E-state index contributed by atoms with van der Waals surface area (Å²) in [5.41, 5.74) is 3.40. The number of carbonyl (C=O) groups is 1. The molecule has 3 rings (SSSR count). The molecular weight excluding hydrogens is 408 g/mol. The molecule has 1 amide bonds. The molecule has 31 heavy (non-hydrogen) atoms. The van der Waals surface area contributed by atoms with E-state index < -0.39 is 0 Å². The predicted octanol–water partition coefficient (Wildman–Crippen LogP) is 4.58. The summed E-state index contributed by atoms with van der Waals surface area (Å²) in [6, 6.07) is 16.3. The molecule has 0 atom stereocenters. The minimum absolute atomic E-state index is 0.0304. The number of hydrogen-bond donors (Lipinski definition) is 1. The van der Waals surface area contributed by atoms with Crippen LogP contribution >= 0.6 is 11.8 Å². The molecule has 3 aromatic rings. The molecule has 0 aliphatic carbocycles. The van der Waals surface area contributed by atoms with E-state index in [1.165, 1.54) is 11.1 Å². The van der Waals surface area contributed by atoms with Crippen molar-refractivity contribution in [2.45, 2.75) is 44.5 Å². The normalized spacial score (nSPS) is 11.0. The SMILES string of the molecule is COc1cccc(-n2c(CCC(=O)NCC(C)C)nnc2SCc2cccc(C)c2)c1. The number of amides is 1. The molecule has 7 heteroatoms. The minimum atomic E-state index is 0.0304. The van der Waals surface area contributed by atoms with Crippen molar-refractivity contribution in [3.8, 4) is 11.4 Å². The number of aryl methyl sites for hydroxylation is 2. The molecule has 2 aromatic carbocycles. The van der Waals surface area contributed by atoms with Gasteiger partial charge >= 0.3 is 0 Å². The van der Waals surface area contributed by atoms with E-state index in [1.807, 2.05) is 28.8 Å². The number of aromatic nitrogens is 3. The maximum atomic E-state index is 12.2. The van der Waals surface area contributed by atoms with Crippen LogP contribution in [0.25, 0.3) is 5.69 Å². The van der Waals surface area contributed by atoms with Gasteiger partial charge in [0.2, 0.25) is 5.91 Å². The van der Waals surface area contributed by atoms with E-state index in [0.29, 0.717) is 25.3 Å². The lowest BCUT2D eigenvalue weighted by molar-refractivity contribution is -0.121. The van der Waals surface area contributed by atoms with Gasteiger partial charge in [0.1, 0.15) is 11.6 Å². The lowest BCUT2D eigenvalue weighted by Gasteiger charge is -2.12. The van der Waals surface area contributed by atoms with Crippen LogP contribution in [0.4, 0.5) is 0 Å². The van der Waals surface area contributed by atoms with Crippen molar-refractivity contribution in [2.24, 2.45) is 5.92 Å². The van der Waals surface area contributed by atoms with Gasteiger partial charge in [0.25, 0.3) is 0 Å². The van der Waals surface area contributed by atoms with Gasteiger partial charge in [0.05, 0.1) is 12.8 Å². The van der Waals surface area contributed by atoms with Gasteiger partial charge in [-0.05, 0) is 30.5 Å². The van der Waals surface area contributed by atoms with Gasteiger partial charge < -0.3 is 10.1 Å². The van der Waals surface area contributed by atoms with Crippen molar-refractivity contribution in [2.75, 3.05) is 13.7 Å². The standard InChI is InChI=1S/C24H30N4O2S/c1-17(2)15-25-23(29)12-11-22-26-27-24(31-16-19-8-5-7-18(3)13-19)28(22)20-9-6-10-21(14-20)30-4/h5-10,13-14,17H,11-12,15-16H2,1-4H3,(H,25,29). The van der Waals surface area contributed by atoms with Crippen LogP contribution in [0.1, 0.15) is 37.2 Å². The molecular formula is C24H30N4O2S. The van der Waals surface area contributed by atoms with Crippen molar-refractivity contribution >= 4 is 17.7 Å². The molecule has 1 N–H and O–H groups in total. The smallest absolute Gasteiger partial charge is 0.220 e. The van der Waals surface area contributed by atoms with Crippen molar-refractivity contribution < 1.29 is 9.53 Å². The zero-order chi connectivity index (χ0) is 22.2. The summed E-state index contributed by atoms with van der Waals surface area (Å²) >= 11 is 1.63. The number of nitrogens with zero attached hydrogens (tertiary/aromatic N) is 3. The summed E-state index contributed by atoms with van der Waals surface area (Å²) < 4.78 is 7.43. The molecule has 0 aliphatic heterocycles. The Bertz CT molecular complexity index is 1020. The lowest BCUT2D eigenvalue weighted by Crippen LogP contribution is -2.27. The maximum absolute atomic E-state index is 12.2. The summed E-state index contributed by atoms with van der Waals surface area (Å²) in [5.74, 6) is 2.77. The van der Waals surface area contributed by atoms with Crippen LogP contribution in [0.2, 0.25) is 0 Å². The first-order valence-corrected chi connectivity index (χ1v) is 11.5. The second-order valence-corrected chi connectivity index (χ2v) is 8.85. The molecule has 6 nitrogen and oxygen atoms in total. The average Bonchev–Trinajstić information content (AvgIpc) is 3.17. The number of ether oxygens (including phenoxy) is 1. The highest BCUT2D eigenvalue weighted by Crippen LogP contribution is 2.27. The van der Waals surface area contributed by atoms with Crippen LogP contribution in [0.3, 0.4) is 0 Å². The second-order valence-electron chi connectivity index (χ2n) is 7.91. The Labute approximate surface area is 188 Å². The van der Waals surface area contributed by atoms with E-state index in [9.17, 15) is 4.79 Å². The molecule has 0 spiro atoms. The molecule has 1 aromatic heterocycles. The van der Waals surface area contributed by atoms with Crippen LogP contribution in [-0.4, -0.2) is 34.3 Å². The average molecular weight is 439 g/mol. The van der Waals surface area contributed by atoms with Gasteiger partial charge in [0, 0.05) is 31.2 Å². The first-order chi connectivity index (χ1) is 15.0. The van der Waals surface area contributed by atoms with Gasteiger partial charge in [0.15, 0.2) is 5.16 Å². The molecule has 0 bridgehead atoms. The van der Waals surface area contributed by atoms with Crippen LogP contribution < -0.4 is 10.1 Å². The molecule has 0 saturated carbocycles. The minimum Gasteiger partial charge on any atom is -0.497 e. The number of carbonyl (C=O) groups excluding carboxylic acids is 1. The third kappa shape index (κ3) is 6.59. The molecule has 1 heterocycles. The van der Waals surface area contributed by atoms with Gasteiger partial charge in [-0.3, -0.25) is 9.36 Å². The quantitative estimate of drug-likeness (QED) is 0.469. The van der Waals surface area contributed by atoms with Crippen molar-refractivity contribution in [3.63, 3.8) is 0 Å². The van der Waals surface area contributed by atoms with E-state index in [1.54, 1.807) is 18.9 Å². The van der Waals surface area contributed by atoms with E-state index >= 15 is 0 Å². The Morgan fingerprint density at radius 1 is 1.16 bits per heavy atom. The fraction of sp³-hybridized carbons (Fsp3) is 0.375. The maximum Gasteiger partial charge on any atom is 0.220 e. The van der Waals surface area contributed by atoms with E-state index in [4.69, 9.17) is 4.74 Å². The predicted molar refractivity (Wildman–Crippen MR) is 125 cm³/mol. The number of rotatable bonds is 10. The summed E-state index contributed by atoms with van der Waals surface area (Å²) in [7, 11) is 1.65. The lowest BCUT2D eigenvalue weighted by atomic mass is 10.2. The number of hydrogen-bond acceptors (Lipinski definition) is 5. The largest absolute Gasteiger partial charge is 0.497 e. The Kier molecular flexibility index (Phi) is 8.12. The molecule has 0 aliphatic rings. The summed E-state index contributed by atoms with van der Waals surface area (Å²) in [4.78, 5) is 12.2. The number of methoxy groups -OCH3 is 1. The Balaban J connectivity index is 1.82. The van der Waals surface area contributed by atoms with Gasteiger partial charge in [-0.2, -0.15) is 0 Å². The van der Waals surface area contributed by atoms with Crippen LogP contribution in [0.15, 0.2) is 53.7 Å². The highest BCUT2D eigenvalue weighted by Gasteiger charge is 2.16. The van der Waals surface area contributed by atoms with Gasteiger partial charge in [-0.1, -0.05) is 61.5 Å². The first-order valence-electron chi connectivity index (χ1n) is 10.5. The van der Waals surface area contributed by atoms with Crippen LogP contribution in [0, 0.1) is 12.8 Å². The van der Waals surface area contributed by atoms with Crippen LogP contribution in [0.5, 0.6) is 5.75 Å². The molecule has 0 fully saturated rings. The second kappa shape index (κ2) is 11.0.